The Morgan fingerprint density at radius 3 is 3.24 bits per heavy atom. The average molecular weight is 232 g/mol. The normalized spacial score (nSPS) is 20.0. The van der Waals surface area contributed by atoms with Crippen LogP contribution in [0.25, 0.3) is 0 Å². The van der Waals surface area contributed by atoms with E-state index in [2.05, 4.69) is 11.4 Å². The molecule has 1 unspecified atom stereocenters. The lowest BCUT2D eigenvalue weighted by Gasteiger charge is -2.32. The van der Waals surface area contributed by atoms with Gasteiger partial charge in [-0.2, -0.15) is 5.26 Å². The highest BCUT2D eigenvalue weighted by atomic mass is 16.2. The minimum atomic E-state index is -0.364. The Morgan fingerprint density at radius 1 is 1.71 bits per heavy atom. The first-order chi connectivity index (χ1) is 8.27. The molecule has 0 saturated carbocycles. The Bertz CT molecular complexity index is 446. The topological polar surface area (TPSA) is 61.1 Å². The van der Waals surface area contributed by atoms with Gasteiger partial charge < -0.3 is 14.8 Å². The molecule has 2 heterocycles. The van der Waals surface area contributed by atoms with Crippen molar-refractivity contribution in [2.24, 2.45) is 0 Å². The van der Waals surface area contributed by atoms with Crippen LogP contribution in [-0.4, -0.2) is 41.1 Å². The molecular formula is C12H16N4O. The van der Waals surface area contributed by atoms with Gasteiger partial charge in [-0.3, -0.25) is 4.79 Å². The second-order valence-electron chi connectivity index (χ2n) is 4.03. The summed E-state index contributed by atoms with van der Waals surface area (Å²) in [6.45, 7) is 4.64. The van der Waals surface area contributed by atoms with Gasteiger partial charge in [0.25, 0.3) is 5.91 Å². The maximum absolute atomic E-state index is 12.3. The van der Waals surface area contributed by atoms with Crippen LogP contribution >= 0.6 is 0 Å². The third kappa shape index (κ3) is 2.17. The van der Waals surface area contributed by atoms with Crippen LogP contribution in [0.4, 0.5) is 0 Å². The fourth-order valence-electron chi connectivity index (χ4n) is 2.09. The molecule has 0 bridgehead atoms. The van der Waals surface area contributed by atoms with Gasteiger partial charge in [0.1, 0.15) is 11.7 Å². The summed E-state index contributed by atoms with van der Waals surface area (Å²) in [6, 6.07) is 5.47. The van der Waals surface area contributed by atoms with Gasteiger partial charge >= 0.3 is 0 Å². The molecule has 1 aliphatic heterocycles. The van der Waals surface area contributed by atoms with E-state index < -0.39 is 0 Å². The number of carbonyl (C=O) groups excluding carboxylic acids is 1. The van der Waals surface area contributed by atoms with Gasteiger partial charge in [0.2, 0.25) is 0 Å². The fraction of sp³-hybridized carbons (Fsp3) is 0.500. The van der Waals surface area contributed by atoms with Crippen molar-refractivity contribution >= 4 is 5.91 Å². The van der Waals surface area contributed by atoms with Crippen molar-refractivity contribution in [2.45, 2.75) is 19.5 Å². The average Bonchev–Trinajstić information content (AvgIpc) is 2.86. The number of piperazine rings is 1. The number of carbonyl (C=O) groups is 1. The number of nitrogens with zero attached hydrogens (tertiary/aromatic N) is 3. The molecule has 0 radical (unpaired) electrons. The van der Waals surface area contributed by atoms with Crippen LogP contribution in [0.5, 0.6) is 0 Å². The quantitative estimate of drug-likeness (QED) is 0.805. The minimum absolute atomic E-state index is 0.0510. The Labute approximate surface area is 101 Å². The summed E-state index contributed by atoms with van der Waals surface area (Å²) in [7, 11) is 0. The van der Waals surface area contributed by atoms with E-state index in [9.17, 15) is 4.79 Å². The molecule has 0 aliphatic carbocycles. The van der Waals surface area contributed by atoms with Crippen molar-refractivity contribution in [2.75, 3.05) is 19.6 Å². The molecule has 1 N–H and O–H groups in total. The van der Waals surface area contributed by atoms with E-state index in [1.54, 1.807) is 4.90 Å². The molecule has 17 heavy (non-hydrogen) atoms. The molecule has 5 nitrogen and oxygen atoms in total. The van der Waals surface area contributed by atoms with Gasteiger partial charge in [-0.05, 0) is 19.1 Å². The van der Waals surface area contributed by atoms with Crippen LogP contribution in [0, 0.1) is 11.3 Å². The molecule has 1 fully saturated rings. The Hall–Kier alpha value is -1.80. The van der Waals surface area contributed by atoms with Gasteiger partial charge in [-0.1, -0.05) is 0 Å². The lowest BCUT2D eigenvalue weighted by molar-refractivity contribution is 0.0676. The third-order valence-electron chi connectivity index (χ3n) is 3.04. The second kappa shape index (κ2) is 5.02. The molecule has 2 rings (SSSR count). The SMILES string of the molecule is CCn1cccc1C(=O)N1CCNCC1C#N. The zero-order valence-corrected chi connectivity index (χ0v) is 9.89. The van der Waals surface area contributed by atoms with Crippen LogP contribution < -0.4 is 5.32 Å². The number of aryl methyl sites for hydroxylation is 1. The highest BCUT2D eigenvalue weighted by molar-refractivity contribution is 5.93. The smallest absolute Gasteiger partial charge is 0.271 e. The summed E-state index contributed by atoms with van der Waals surface area (Å²) in [5.74, 6) is -0.0510. The molecule has 1 saturated heterocycles. The minimum Gasteiger partial charge on any atom is -0.344 e. The lowest BCUT2D eigenvalue weighted by atomic mass is 10.2. The number of nitriles is 1. The highest BCUT2D eigenvalue weighted by Gasteiger charge is 2.28. The van der Waals surface area contributed by atoms with E-state index in [-0.39, 0.29) is 11.9 Å². The van der Waals surface area contributed by atoms with Crippen molar-refractivity contribution in [3.05, 3.63) is 24.0 Å². The van der Waals surface area contributed by atoms with Gasteiger partial charge in [-0.15, -0.1) is 0 Å². The van der Waals surface area contributed by atoms with Crippen molar-refractivity contribution in [3.8, 4) is 6.07 Å². The summed E-state index contributed by atoms with van der Waals surface area (Å²) >= 11 is 0. The van der Waals surface area contributed by atoms with Crippen molar-refractivity contribution in [1.82, 2.24) is 14.8 Å². The molecule has 1 aromatic heterocycles. The van der Waals surface area contributed by atoms with Crippen LogP contribution in [0.3, 0.4) is 0 Å². The first kappa shape index (κ1) is 11.7. The third-order valence-corrected chi connectivity index (χ3v) is 3.04. The standard InChI is InChI=1S/C12H16N4O/c1-2-15-6-3-4-11(15)12(17)16-7-5-14-9-10(16)8-13/h3-4,6,10,14H,2,5,7,9H2,1H3. The predicted octanol–water partition coefficient (Wildman–Crippen LogP) is 0.446. The largest absolute Gasteiger partial charge is 0.344 e. The van der Waals surface area contributed by atoms with Crippen LogP contribution in [-0.2, 0) is 6.54 Å². The molecule has 1 aromatic rings. The van der Waals surface area contributed by atoms with E-state index in [0.29, 0.717) is 18.8 Å². The van der Waals surface area contributed by atoms with Gasteiger partial charge in [0.15, 0.2) is 0 Å². The Morgan fingerprint density at radius 2 is 2.53 bits per heavy atom. The number of hydrogen-bond acceptors (Lipinski definition) is 3. The molecule has 1 aliphatic rings. The van der Waals surface area contributed by atoms with Crippen molar-refractivity contribution in [1.29, 1.82) is 5.26 Å². The lowest BCUT2D eigenvalue weighted by Crippen LogP contribution is -2.53. The first-order valence-electron chi connectivity index (χ1n) is 5.84. The van der Waals surface area contributed by atoms with Crippen LogP contribution in [0.2, 0.25) is 0 Å². The highest BCUT2D eigenvalue weighted by Crippen LogP contribution is 2.11. The van der Waals surface area contributed by atoms with E-state index in [1.807, 2.05) is 29.8 Å². The second-order valence-corrected chi connectivity index (χ2v) is 4.03. The maximum atomic E-state index is 12.3. The molecule has 1 amide bonds. The number of nitrogens with one attached hydrogen (secondary N) is 1. The predicted molar refractivity (Wildman–Crippen MR) is 63.4 cm³/mol. The van der Waals surface area contributed by atoms with E-state index in [0.717, 1.165) is 13.1 Å². The molecular weight excluding hydrogens is 216 g/mol. The molecule has 0 aromatic carbocycles. The molecule has 1 atom stereocenters. The molecule has 0 spiro atoms. The number of amides is 1. The summed E-state index contributed by atoms with van der Waals surface area (Å²) in [5.41, 5.74) is 0.662. The molecule has 90 valence electrons. The van der Waals surface area contributed by atoms with Gasteiger partial charge in [-0.25, -0.2) is 0 Å². The van der Waals surface area contributed by atoms with E-state index in [4.69, 9.17) is 5.26 Å². The van der Waals surface area contributed by atoms with Crippen LogP contribution in [0.1, 0.15) is 17.4 Å². The maximum Gasteiger partial charge on any atom is 0.271 e. The zero-order valence-electron chi connectivity index (χ0n) is 9.89. The van der Waals surface area contributed by atoms with E-state index >= 15 is 0 Å². The summed E-state index contributed by atoms with van der Waals surface area (Å²) in [4.78, 5) is 14.0. The molecule has 5 heteroatoms. The summed E-state index contributed by atoms with van der Waals surface area (Å²) in [5, 5.41) is 12.2. The summed E-state index contributed by atoms with van der Waals surface area (Å²) in [6.07, 6.45) is 1.89. The van der Waals surface area contributed by atoms with Gasteiger partial charge in [0.05, 0.1) is 6.07 Å². The first-order valence-corrected chi connectivity index (χ1v) is 5.84. The Balaban J connectivity index is 2.22. The zero-order chi connectivity index (χ0) is 12.3. The summed E-state index contributed by atoms with van der Waals surface area (Å²) < 4.78 is 1.90. The van der Waals surface area contributed by atoms with Crippen molar-refractivity contribution in [3.63, 3.8) is 0 Å². The van der Waals surface area contributed by atoms with Gasteiger partial charge in [0, 0.05) is 32.4 Å². The Kier molecular flexibility index (Phi) is 3.45. The number of hydrogen-bond donors (Lipinski definition) is 1. The fourth-order valence-corrected chi connectivity index (χ4v) is 2.09. The monoisotopic (exact) mass is 232 g/mol. The van der Waals surface area contributed by atoms with Crippen molar-refractivity contribution < 1.29 is 4.79 Å². The number of aromatic nitrogens is 1. The van der Waals surface area contributed by atoms with E-state index in [1.165, 1.54) is 0 Å². The van der Waals surface area contributed by atoms with Crippen LogP contribution in [0.15, 0.2) is 18.3 Å². The number of rotatable bonds is 2.